The standard InChI is InChI=1S/C15H13N3O2S/c1-20-13-7-6-10(8-16-13)9-18-14(19)11-4-2-3-5-12(11)17-15(18)21/h2-8H,9H2,1H3,(H,17,21). The van der Waals surface area contributed by atoms with Crippen molar-refractivity contribution < 1.29 is 4.74 Å². The number of nitrogens with zero attached hydrogens (tertiary/aromatic N) is 2. The molecule has 0 amide bonds. The third kappa shape index (κ3) is 2.57. The summed E-state index contributed by atoms with van der Waals surface area (Å²) in [5, 5.41) is 0.618. The third-order valence-electron chi connectivity index (χ3n) is 3.24. The molecule has 0 fully saturated rings. The minimum Gasteiger partial charge on any atom is -0.481 e. The van der Waals surface area contributed by atoms with E-state index in [2.05, 4.69) is 9.97 Å². The highest BCUT2D eigenvalue weighted by Crippen LogP contribution is 2.10. The molecule has 2 heterocycles. The topological polar surface area (TPSA) is 59.9 Å². The van der Waals surface area contributed by atoms with Crippen molar-refractivity contribution in [2.45, 2.75) is 6.54 Å². The van der Waals surface area contributed by atoms with E-state index in [0.717, 1.165) is 11.1 Å². The number of ether oxygens (including phenoxy) is 1. The highest BCUT2D eigenvalue weighted by molar-refractivity contribution is 7.71. The molecule has 3 rings (SSSR count). The molecule has 3 aromatic rings. The maximum absolute atomic E-state index is 12.5. The molecule has 6 heteroatoms. The average molecular weight is 299 g/mol. The predicted octanol–water partition coefficient (Wildman–Crippen LogP) is 2.51. The van der Waals surface area contributed by atoms with Crippen molar-refractivity contribution in [1.82, 2.24) is 14.5 Å². The number of pyridine rings is 1. The molecule has 0 spiro atoms. The summed E-state index contributed by atoms with van der Waals surface area (Å²) in [5.41, 5.74) is 1.52. The first kappa shape index (κ1) is 13.5. The maximum Gasteiger partial charge on any atom is 0.262 e. The van der Waals surface area contributed by atoms with Gasteiger partial charge in [-0.15, -0.1) is 0 Å². The van der Waals surface area contributed by atoms with E-state index in [9.17, 15) is 4.79 Å². The minimum absolute atomic E-state index is 0.106. The van der Waals surface area contributed by atoms with Gasteiger partial charge in [0.2, 0.25) is 5.88 Å². The van der Waals surface area contributed by atoms with Gasteiger partial charge in [-0.1, -0.05) is 18.2 Å². The summed E-state index contributed by atoms with van der Waals surface area (Å²) in [6.07, 6.45) is 1.68. The fourth-order valence-corrected chi connectivity index (χ4v) is 2.41. The summed E-state index contributed by atoms with van der Waals surface area (Å²) in [6, 6.07) is 10.9. The molecule has 0 bridgehead atoms. The first-order chi connectivity index (χ1) is 10.2. The number of aromatic nitrogens is 3. The van der Waals surface area contributed by atoms with Crippen LogP contribution in [0.1, 0.15) is 5.56 Å². The van der Waals surface area contributed by atoms with Gasteiger partial charge in [0.1, 0.15) is 0 Å². The molecule has 1 N–H and O–H groups in total. The number of hydrogen-bond acceptors (Lipinski definition) is 4. The molecule has 2 aromatic heterocycles. The monoisotopic (exact) mass is 299 g/mol. The zero-order valence-electron chi connectivity index (χ0n) is 11.4. The van der Waals surface area contributed by atoms with Crippen molar-refractivity contribution in [3.05, 3.63) is 63.3 Å². The van der Waals surface area contributed by atoms with Crippen LogP contribution in [0, 0.1) is 4.77 Å². The number of fused-ring (bicyclic) bond motifs is 1. The van der Waals surface area contributed by atoms with E-state index in [1.807, 2.05) is 24.3 Å². The lowest BCUT2D eigenvalue weighted by Crippen LogP contribution is -2.22. The Balaban J connectivity index is 2.07. The molecule has 5 nitrogen and oxygen atoms in total. The fourth-order valence-electron chi connectivity index (χ4n) is 2.15. The highest BCUT2D eigenvalue weighted by Gasteiger charge is 2.06. The lowest BCUT2D eigenvalue weighted by atomic mass is 10.2. The molecule has 0 aliphatic heterocycles. The molecule has 0 saturated carbocycles. The lowest BCUT2D eigenvalue weighted by Gasteiger charge is -2.08. The van der Waals surface area contributed by atoms with Gasteiger partial charge >= 0.3 is 0 Å². The van der Waals surface area contributed by atoms with E-state index in [1.165, 1.54) is 4.57 Å². The molecule has 0 aliphatic rings. The molecular formula is C15H13N3O2S. The van der Waals surface area contributed by atoms with Crippen LogP contribution in [0.15, 0.2) is 47.4 Å². The van der Waals surface area contributed by atoms with Gasteiger partial charge in [-0.25, -0.2) is 4.98 Å². The second-order valence-corrected chi connectivity index (χ2v) is 4.96. The van der Waals surface area contributed by atoms with E-state index < -0.39 is 0 Å². The van der Waals surface area contributed by atoms with Crippen molar-refractivity contribution >= 4 is 23.1 Å². The Kier molecular flexibility index (Phi) is 3.53. The number of H-pyrrole nitrogens is 1. The average Bonchev–Trinajstić information content (AvgIpc) is 2.52. The smallest absolute Gasteiger partial charge is 0.262 e. The summed E-state index contributed by atoms with van der Waals surface area (Å²) < 4.78 is 6.94. The van der Waals surface area contributed by atoms with Gasteiger partial charge in [-0.05, 0) is 29.9 Å². The first-order valence-electron chi connectivity index (χ1n) is 6.40. The quantitative estimate of drug-likeness (QED) is 0.755. The molecule has 1 aromatic carbocycles. The van der Waals surface area contributed by atoms with Crippen LogP contribution in [-0.4, -0.2) is 21.6 Å². The Morgan fingerprint density at radius 2 is 2.10 bits per heavy atom. The van der Waals surface area contributed by atoms with E-state index in [0.29, 0.717) is 22.6 Å². The van der Waals surface area contributed by atoms with Gasteiger partial charge in [-0.2, -0.15) is 0 Å². The molecule has 0 aliphatic carbocycles. The minimum atomic E-state index is -0.106. The van der Waals surface area contributed by atoms with E-state index in [4.69, 9.17) is 17.0 Å². The zero-order chi connectivity index (χ0) is 14.8. The summed E-state index contributed by atoms with van der Waals surface area (Å²) in [4.78, 5) is 19.7. The summed E-state index contributed by atoms with van der Waals surface area (Å²) >= 11 is 5.28. The van der Waals surface area contributed by atoms with Gasteiger partial charge in [0.25, 0.3) is 5.56 Å². The fraction of sp³-hybridized carbons (Fsp3) is 0.133. The number of benzene rings is 1. The number of aromatic amines is 1. The van der Waals surface area contributed by atoms with Crippen LogP contribution < -0.4 is 10.3 Å². The van der Waals surface area contributed by atoms with Crippen LogP contribution in [0.3, 0.4) is 0 Å². The zero-order valence-corrected chi connectivity index (χ0v) is 12.2. The van der Waals surface area contributed by atoms with Gasteiger partial charge in [0.15, 0.2) is 4.77 Å². The van der Waals surface area contributed by atoms with Crippen molar-refractivity contribution in [2.24, 2.45) is 0 Å². The Hall–Kier alpha value is -2.47. The van der Waals surface area contributed by atoms with Crippen LogP contribution in [-0.2, 0) is 6.54 Å². The van der Waals surface area contributed by atoms with Gasteiger partial charge in [-0.3, -0.25) is 9.36 Å². The van der Waals surface area contributed by atoms with E-state index in [-0.39, 0.29) is 5.56 Å². The summed E-state index contributed by atoms with van der Waals surface area (Å²) in [5.74, 6) is 0.537. The van der Waals surface area contributed by atoms with Crippen LogP contribution in [0.2, 0.25) is 0 Å². The number of nitrogens with one attached hydrogen (secondary N) is 1. The molecule has 0 radical (unpaired) electrons. The van der Waals surface area contributed by atoms with Gasteiger partial charge < -0.3 is 9.72 Å². The SMILES string of the molecule is COc1ccc(Cn2c(=S)[nH]c3ccccc3c2=O)cn1. The Morgan fingerprint density at radius 3 is 2.81 bits per heavy atom. The molecular weight excluding hydrogens is 286 g/mol. The largest absolute Gasteiger partial charge is 0.481 e. The van der Waals surface area contributed by atoms with Crippen LogP contribution in [0.25, 0.3) is 10.9 Å². The molecule has 0 saturated heterocycles. The molecule has 0 atom stereocenters. The highest BCUT2D eigenvalue weighted by atomic mass is 32.1. The molecule has 106 valence electrons. The summed E-state index contributed by atoms with van der Waals surface area (Å²) in [7, 11) is 1.56. The maximum atomic E-state index is 12.5. The number of methoxy groups -OCH3 is 1. The van der Waals surface area contributed by atoms with E-state index >= 15 is 0 Å². The second-order valence-electron chi connectivity index (χ2n) is 4.58. The van der Waals surface area contributed by atoms with Crippen LogP contribution in [0.4, 0.5) is 0 Å². The lowest BCUT2D eigenvalue weighted by molar-refractivity contribution is 0.397. The van der Waals surface area contributed by atoms with Gasteiger partial charge in [0.05, 0.1) is 24.6 Å². The Morgan fingerprint density at radius 1 is 1.29 bits per heavy atom. The van der Waals surface area contributed by atoms with Crippen LogP contribution >= 0.6 is 12.2 Å². The van der Waals surface area contributed by atoms with Crippen LogP contribution in [0.5, 0.6) is 5.88 Å². The Bertz CT molecular complexity index is 897. The van der Waals surface area contributed by atoms with Crippen molar-refractivity contribution in [1.29, 1.82) is 0 Å². The Labute approximate surface area is 125 Å². The van der Waals surface area contributed by atoms with Crippen molar-refractivity contribution in [3.8, 4) is 5.88 Å². The summed E-state index contributed by atoms with van der Waals surface area (Å²) in [6.45, 7) is 0.371. The van der Waals surface area contributed by atoms with E-state index in [1.54, 1.807) is 25.4 Å². The van der Waals surface area contributed by atoms with Gasteiger partial charge in [0, 0.05) is 12.3 Å². The molecule has 0 unspecified atom stereocenters. The number of para-hydroxylation sites is 1. The molecule has 21 heavy (non-hydrogen) atoms. The number of hydrogen-bond donors (Lipinski definition) is 1. The predicted molar refractivity (Wildman–Crippen MR) is 83.3 cm³/mol. The van der Waals surface area contributed by atoms with Crippen molar-refractivity contribution in [3.63, 3.8) is 0 Å². The second kappa shape index (κ2) is 5.49. The first-order valence-corrected chi connectivity index (χ1v) is 6.80. The third-order valence-corrected chi connectivity index (χ3v) is 3.56. The van der Waals surface area contributed by atoms with Crippen molar-refractivity contribution in [2.75, 3.05) is 7.11 Å². The normalized spacial score (nSPS) is 10.7. The number of rotatable bonds is 3.